The lowest BCUT2D eigenvalue weighted by Crippen LogP contribution is -2.50. The minimum absolute atomic E-state index is 0.00869. The van der Waals surface area contributed by atoms with Crippen molar-refractivity contribution >= 4 is 11.6 Å². The third-order valence-electron chi connectivity index (χ3n) is 3.25. The summed E-state index contributed by atoms with van der Waals surface area (Å²) in [5.74, 6) is -0.143. The van der Waals surface area contributed by atoms with E-state index in [-0.39, 0.29) is 31.3 Å². The summed E-state index contributed by atoms with van der Waals surface area (Å²) in [6.45, 7) is 3.30. The fourth-order valence-electron chi connectivity index (χ4n) is 2.44. The lowest BCUT2D eigenvalue weighted by Gasteiger charge is -2.35. The van der Waals surface area contributed by atoms with Crippen molar-refractivity contribution < 1.29 is 14.6 Å². The molecular weight excluding hydrogens is 270 g/mol. The summed E-state index contributed by atoms with van der Waals surface area (Å²) in [7, 11) is 0. The fourth-order valence-corrected chi connectivity index (χ4v) is 2.44. The standard InChI is InChI=1S/C15H19N3O3/c1-11-7-18(8-14(10-19)21-11)9-15(20)17-13-4-2-3-12(5-13)6-16/h2-5,11,14,19H,7-10H2,1H3,(H,17,20). The third kappa shape index (κ3) is 4.53. The van der Waals surface area contributed by atoms with Crippen molar-refractivity contribution in [3.05, 3.63) is 29.8 Å². The van der Waals surface area contributed by atoms with Gasteiger partial charge in [0, 0.05) is 18.8 Å². The molecule has 0 spiro atoms. The zero-order chi connectivity index (χ0) is 15.2. The van der Waals surface area contributed by atoms with Crippen molar-refractivity contribution in [1.29, 1.82) is 5.26 Å². The molecule has 1 aromatic rings. The summed E-state index contributed by atoms with van der Waals surface area (Å²) in [4.78, 5) is 14.0. The van der Waals surface area contributed by atoms with Gasteiger partial charge in [-0.1, -0.05) is 6.07 Å². The number of nitriles is 1. The first kappa shape index (κ1) is 15.4. The number of nitrogens with one attached hydrogen (secondary N) is 1. The number of hydrogen-bond acceptors (Lipinski definition) is 5. The average molecular weight is 289 g/mol. The van der Waals surface area contributed by atoms with Gasteiger partial charge in [0.05, 0.1) is 37.0 Å². The van der Waals surface area contributed by atoms with Crippen LogP contribution in [0.15, 0.2) is 24.3 Å². The number of rotatable bonds is 4. The van der Waals surface area contributed by atoms with E-state index in [1.165, 1.54) is 0 Å². The monoisotopic (exact) mass is 289 g/mol. The highest BCUT2D eigenvalue weighted by atomic mass is 16.5. The van der Waals surface area contributed by atoms with Gasteiger partial charge in [0.2, 0.25) is 5.91 Å². The Morgan fingerprint density at radius 1 is 1.57 bits per heavy atom. The van der Waals surface area contributed by atoms with E-state index in [2.05, 4.69) is 5.32 Å². The lowest BCUT2D eigenvalue weighted by atomic mass is 10.2. The SMILES string of the molecule is CC1CN(CC(=O)Nc2cccc(C#N)c2)CC(CO)O1. The molecule has 21 heavy (non-hydrogen) atoms. The van der Waals surface area contributed by atoms with Crippen molar-refractivity contribution in [3.63, 3.8) is 0 Å². The summed E-state index contributed by atoms with van der Waals surface area (Å²) in [5, 5.41) is 20.8. The maximum atomic E-state index is 12.0. The highest BCUT2D eigenvalue weighted by Crippen LogP contribution is 2.12. The maximum absolute atomic E-state index is 12.0. The number of anilines is 1. The molecule has 1 fully saturated rings. The Balaban J connectivity index is 1.90. The molecule has 0 aromatic heterocycles. The van der Waals surface area contributed by atoms with E-state index in [9.17, 15) is 9.90 Å². The van der Waals surface area contributed by atoms with Gasteiger partial charge in [0.15, 0.2) is 0 Å². The Bertz CT molecular complexity index is 541. The minimum Gasteiger partial charge on any atom is -0.394 e. The number of carbonyl (C=O) groups excluding carboxylic acids is 1. The number of amides is 1. The van der Waals surface area contributed by atoms with E-state index < -0.39 is 0 Å². The molecule has 2 rings (SSSR count). The number of morpholine rings is 1. The van der Waals surface area contributed by atoms with Crippen molar-refractivity contribution in [2.24, 2.45) is 0 Å². The van der Waals surface area contributed by atoms with Gasteiger partial charge in [0.1, 0.15) is 0 Å². The van der Waals surface area contributed by atoms with Crippen LogP contribution < -0.4 is 5.32 Å². The summed E-state index contributed by atoms with van der Waals surface area (Å²) >= 11 is 0. The van der Waals surface area contributed by atoms with Crippen LogP contribution in [-0.2, 0) is 9.53 Å². The van der Waals surface area contributed by atoms with Crippen molar-refractivity contribution in [3.8, 4) is 6.07 Å². The Morgan fingerprint density at radius 3 is 3.10 bits per heavy atom. The second-order valence-electron chi connectivity index (χ2n) is 5.19. The second kappa shape index (κ2) is 7.18. The minimum atomic E-state index is -0.247. The van der Waals surface area contributed by atoms with Crippen molar-refractivity contribution in [1.82, 2.24) is 4.90 Å². The average Bonchev–Trinajstić information content (AvgIpc) is 2.46. The predicted molar refractivity (Wildman–Crippen MR) is 77.6 cm³/mol. The van der Waals surface area contributed by atoms with Gasteiger partial charge in [-0.3, -0.25) is 9.69 Å². The highest BCUT2D eigenvalue weighted by molar-refractivity contribution is 5.92. The van der Waals surface area contributed by atoms with E-state index in [4.69, 9.17) is 10.00 Å². The number of hydrogen-bond donors (Lipinski definition) is 2. The van der Waals surface area contributed by atoms with Gasteiger partial charge >= 0.3 is 0 Å². The van der Waals surface area contributed by atoms with E-state index in [0.717, 1.165) is 0 Å². The smallest absolute Gasteiger partial charge is 0.238 e. The molecule has 2 atom stereocenters. The molecule has 1 aliphatic rings. The summed E-state index contributed by atoms with van der Waals surface area (Å²) in [6, 6.07) is 8.83. The van der Waals surface area contributed by atoms with E-state index in [0.29, 0.717) is 24.3 Å². The molecule has 1 heterocycles. The van der Waals surface area contributed by atoms with Gasteiger partial charge in [0.25, 0.3) is 0 Å². The summed E-state index contributed by atoms with van der Waals surface area (Å²) < 4.78 is 5.54. The van der Waals surface area contributed by atoms with Crippen LogP contribution in [-0.4, -0.2) is 54.4 Å². The highest BCUT2D eigenvalue weighted by Gasteiger charge is 2.25. The van der Waals surface area contributed by atoms with Crippen LogP contribution in [0.2, 0.25) is 0 Å². The number of aliphatic hydroxyl groups is 1. The second-order valence-corrected chi connectivity index (χ2v) is 5.19. The molecule has 1 saturated heterocycles. The van der Waals surface area contributed by atoms with Crippen LogP contribution in [0.1, 0.15) is 12.5 Å². The Morgan fingerprint density at radius 2 is 2.38 bits per heavy atom. The Hall–Kier alpha value is -1.94. The van der Waals surface area contributed by atoms with Crippen LogP contribution in [0.25, 0.3) is 0 Å². The molecule has 0 aliphatic carbocycles. The van der Waals surface area contributed by atoms with Crippen molar-refractivity contribution in [2.45, 2.75) is 19.1 Å². The molecule has 2 unspecified atom stereocenters. The van der Waals surface area contributed by atoms with Gasteiger partial charge in [-0.05, 0) is 25.1 Å². The molecule has 112 valence electrons. The third-order valence-corrected chi connectivity index (χ3v) is 3.25. The van der Waals surface area contributed by atoms with Crippen LogP contribution in [0.3, 0.4) is 0 Å². The summed E-state index contributed by atoms with van der Waals surface area (Å²) in [6.07, 6.45) is -0.255. The number of nitrogens with zero attached hydrogens (tertiary/aromatic N) is 2. The Kier molecular flexibility index (Phi) is 5.28. The quantitative estimate of drug-likeness (QED) is 0.847. The zero-order valence-electron chi connectivity index (χ0n) is 12.0. The van der Waals surface area contributed by atoms with E-state index in [1.807, 2.05) is 17.9 Å². The molecular formula is C15H19N3O3. The van der Waals surface area contributed by atoms with Crippen LogP contribution in [0.5, 0.6) is 0 Å². The molecule has 2 N–H and O–H groups in total. The molecule has 1 aliphatic heterocycles. The van der Waals surface area contributed by atoms with Gasteiger partial charge in [-0.25, -0.2) is 0 Å². The molecule has 0 saturated carbocycles. The van der Waals surface area contributed by atoms with Crippen LogP contribution >= 0.6 is 0 Å². The molecule has 0 radical (unpaired) electrons. The molecule has 1 aromatic carbocycles. The Labute approximate surface area is 123 Å². The fraction of sp³-hybridized carbons (Fsp3) is 0.467. The number of benzene rings is 1. The van der Waals surface area contributed by atoms with Crippen LogP contribution in [0, 0.1) is 11.3 Å². The van der Waals surface area contributed by atoms with E-state index >= 15 is 0 Å². The number of carbonyl (C=O) groups is 1. The first-order valence-electron chi connectivity index (χ1n) is 6.89. The maximum Gasteiger partial charge on any atom is 0.238 e. The first-order chi connectivity index (χ1) is 10.1. The zero-order valence-corrected chi connectivity index (χ0v) is 12.0. The molecule has 6 heteroatoms. The summed E-state index contributed by atoms with van der Waals surface area (Å²) in [5.41, 5.74) is 1.12. The van der Waals surface area contributed by atoms with Crippen molar-refractivity contribution in [2.75, 3.05) is 31.6 Å². The first-order valence-corrected chi connectivity index (χ1v) is 6.89. The lowest BCUT2D eigenvalue weighted by molar-refractivity contribution is -0.124. The van der Waals surface area contributed by atoms with Gasteiger partial charge in [-0.15, -0.1) is 0 Å². The van der Waals surface area contributed by atoms with Gasteiger partial charge in [-0.2, -0.15) is 5.26 Å². The molecule has 6 nitrogen and oxygen atoms in total. The van der Waals surface area contributed by atoms with E-state index in [1.54, 1.807) is 24.3 Å². The topological polar surface area (TPSA) is 85.6 Å². The predicted octanol–water partition coefficient (Wildman–Crippen LogP) is 0.578. The largest absolute Gasteiger partial charge is 0.394 e. The molecule has 0 bridgehead atoms. The van der Waals surface area contributed by atoms with Crippen LogP contribution in [0.4, 0.5) is 5.69 Å². The molecule has 1 amide bonds. The van der Waals surface area contributed by atoms with Gasteiger partial charge < -0.3 is 15.2 Å². The normalized spacial score (nSPS) is 22.5. The number of aliphatic hydroxyl groups excluding tert-OH is 1. The number of ether oxygens (including phenoxy) is 1.